The van der Waals surface area contributed by atoms with E-state index in [0.717, 1.165) is 6.42 Å². The lowest BCUT2D eigenvalue weighted by Crippen LogP contribution is -2.49. The third-order valence-corrected chi connectivity index (χ3v) is 5.41. The zero-order valence-electron chi connectivity index (χ0n) is 11.9. The number of halogens is 2. The summed E-state index contributed by atoms with van der Waals surface area (Å²) in [4.78, 5) is 1.41. The fraction of sp³-hybridized carbons (Fsp3) is 0.571. The number of alkyl halides is 2. The van der Waals surface area contributed by atoms with E-state index in [-0.39, 0.29) is 10.6 Å². The van der Waals surface area contributed by atoms with Crippen LogP contribution in [-0.4, -0.2) is 46.3 Å². The minimum Gasteiger partial charge on any atom is -0.365 e. The summed E-state index contributed by atoms with van der Waals surface area (Å²) in [6, 6.07) is 5.84. The van der Waals surface area contributed by atoms with Gasteiger partial charge in [0, 0.05) is 13.0 Å². The van der Waals surface area contributed by atoms with Crippen molar-refractivity contribution in [3.05, 3.63) is 24.3 Å². The molecular weight excluding hydrogens is 316 g/mol. The lowest BCUT2D eigenvalue weighted by atomic mass is 10.0. The molecule has 0 bridgehead atoms. The lowest BCUT2D eigenvalue weighted by molar-refractivity contribution is -0.161. The standard InChI is InChI=1S/C14H17F2NO4S/c15-13(16)22(18,19)12-5-2-1-4-11(12)17-7-3-6-14(10-17)20-8-9-21-14/h1-2,4-5,13H,3,6-10H2. The molecule has 0 aliphatic carbocycles. The lowest BCUT2D eigenvalue weighted by Gasteiger charge is -2.40. The fourth-order valence-corrected chi connectivity index (χ4v) is 3.93. The van der Waals surface area contributed by atoms with Crippen LogP contribution in [0.2, 0.25) is 0 Å². The number of hydrogen-bond acceptors (Lipinski definition) is 5. The van der Waals surface area contributed by atoms with Gasteiger partial charge < -0.3 is 14.4 Å². The Hall–Kier alpha value is -1.25. The Morgan fingerprint density at radius 2 is 1.86 bits per heavy atom. The Bertz CT molecular complexity index is 644. The SMILES string of the molecule is O=S(=O)(c1ccccc1N1CCCC2(C1)OCCO2)C(F)F. The number of rotatable bonds is 3. The Morgan fingerprint density at radius 1 is 1.18 bits per heavy atom. The maximum absolute atomic E-state index is 12.9. The van der Waals surface area contributed by atoms with Gasteiger partial charge in [-0.3, -0.25) is 0 Å². The molecule has 3 rings (SSSR count). The summed E-state index contributed by atoms with van der Waals surface area (Å²) < 4.78 is 60.8. The van der Waals surface area contributed by atoms with Gasteiger partial charge in [0.15, 0.2) is 5.79 Å². The first kappa shape index (κ1) is 15.6. The molecule has 122 valence electrons. The number of piperidine rings is 1. The predicted molar refractivity (Wildman–Crippen MR) is 75.7 cm³/mol. The van der Waals surface area contributed by atoms with E-state index in [4.69, 9.17) is 9.47 Å². The molecule has 0 radical (unpaired) electrons. The monoisotopic (exact) mass is 333 g/mol. The first-order valence-corrected chi connectivity index (χ1v) is 8.63. The molecule has 5 nitrogen and oxygen atoms in total. The van der Waals surface area contributed by atoms with Crippen LogP contribution in [0.5, 0.6) is 0 Å². The van der Waals surface area contributed by atoms with Crippen molar-refractivity contribution in [1.82, 2.24) is 0 Å². The highest BCUT2D eigenvalue weighted by Gasteiger charge is 2.42. The zero-order chi connectivity index (χ0) is 15.8. The minimum atomic E-state index is -4.65. The van der Waals surface area contributed by atoms with Crippen molar-refractivity contribution in [2.75, 3.05) is 31.2 Å². The van der Waals surface area contributed by atoms with Crippen molar-refractivity contribution >= 4 is 15.5 Å². The average molecular weight is 333 g/mol. The Balaban J connectivity index is 1.95. The van der Waals surface area contributed by atoms with E-state index < -0.39 is 21.4 Å². The molecule has 1 spiro atoms. The molecule has 22 heavy (non-hydrogen) atoms. The number of anilines is 1. The third-order valence-electron chi connectivity index (χ3n) is 3.98. The largest absolute Gasteiger partial charge is 0.365 e. The van der Waals surface area contributed by atoms with Gasteiger partial charge in [-0.2, -0.15) is 8.78 Å². The topological polar surface area (TPSA) is 55.8 Å². The van der Waals surface area contributed by atoms with Gasteiger partial charge in [-0.25, -0.2) is 8.42 Å². The van der Waals surface area contributed by atoms with Gasteiger partial charge in [-0.05, 0) is 18.6 Å². The van der Waals surface area contributed by atoms with Crippen molar-refractivity contribution < 1.29 is 26.7 Å². The van der Waals surface area contributed by atoms with E-state index in [1.54, 1.807) is 17.0 Å². The maximum atomic E-state index is 12.9. The highest BCUT2D eigenvalue weighted by Crippen LogP contribution is 2.36. The van der Waals surface area contributed by atoms with Crippen LogP contribution < -0.4 is 4.90 Å². The van der Waals surface area contributed by atoms with Gasteiger partial charge in [0.1, 0.15) is 0 Å². The molecule has 0 N–H and O–H groups in total. The molecule has 1 aromatic rings. The van der Waals surface area contributed by atoms with E-state index in [2.05, 4.69) is 0 Å². The van der Waals surface area contributed by atoms with E-state index >= 15 is 0 Å². The average Bonchev–Trinajstić information content (AvgIpc) is 2.95. The minimum absolute atomic E-state index is 0.279. The second-order valence-electron chi connectivity index (χ2n) is 5.41. The van der Waals surface area contributed by atoms with Crippen molar-refractivity contribution in [3.8, 4) is 0 Å². The van der Waals surface area contributed by atoms with Crippen molar-refractivity contribution in [2.45, 2.75) is 29.3 Å². The quantitative estimate of drug-likeness (QED) is 0.847. The summed E-state index contributed by atoms with van der Waals surface area (Å²) in [5.41, 5.74) is 0.279. The number of nitrogens with zero attached hydrogens (tertiary/aromatic N) is 1. The Morgan fingerprint density at radius 3 is 2.55 bits per heavy atom. The van der Waals surface area contributed by atoms with E-state index in [9.17, 15) is 17.2 Å². The van der Waals surface area contributed by atoms with Crippen LogP contribution in [0.25, 0.3) is 0 Å². The summed E-state index contributed by atoms with van der Waals surface area (Å²) in [6.07, 6.45) is 1.45. The second kappa shape index (κ2) is 5.75. The molecule has 2 saturated heterocycles. The fourth-order valence-electron chi connectivity index (χ4n) is 2.98. The van der Waals surface area contributed by atoms with Gasteiger partial charge in [0.05, 0.1) is 30.3 Å². The highest BCUT2D eigenvalue weighted by atomic mass is 32.2. The summed E-state index contributed by atoms with van der Waals surface area (Å²) in [5.74, 6) is -4.19. The van der Waals surface area contributed by atoms with Crippen LogP contribution in [-0.2, 0) is 19.3 Å². The van der Waals surface area contributed by atoms with Gasteiger partial charge in [-0.15, -0.1) is 0 Å². The predicted octanol–water partition coefficient (Wildman–Crippen LogP) is 2.03. The van der Waals surface area contributed by atoms with E-state index in [0.29, 0.717) is 32.7 Å². The van der Waals surface area contributed by atoms with Crippen LogP contribution in [0.3, 0.4) is 0 Å². The molecular formula is C14H17F2NO4S. The second-order valence-corrected chi connectivity index (χ2v) is 7.29. The molecule has 0 atom stereocenters. The van der Waals surface area contributed by atoms with Crippen LogP contribution in [0.4, 0.5) is 14.5 Å². The first-order chi connectivity index (χ1) is 10.4. The molecule has 2 aliphatic heterocycles. The first-order valence-electron chi connectivity index (χ1n) is 7.09. The smallest absolute Gasteiger partial charge is 0.341 e. The Kier molecular flexibility index (Phi) is 4.09. The normalized spacial score (nSPS) is 21.7. The molecule has 1 aromatic carbocycles. The number of benzene rings is 1. The molecule has 2 heterocycles. The molecule has 2 aliphatic rings. The molecule has 0 saturated carbocycles. The van der Waals surface area contributed by atoms with Gasteiger partial charge >= 0.3 is 5.76 Å². The number of sulfone groups is 1. The van der Waals surface area contributed by atoms with Crippen LogP contribution in [0.1, 0.15) is 12.8 Å². The van der Waals surface area contributed by atoms with Crippen LogP contribution in [0, 0.1) is 0 Å². The number of para-hydroxylation sites is 1. The molecule has 8 heteroatoms. The Labute approximate surface area is 127 Å². The van der Waals surface area contributed by atoms with Crippen molar-refractivity contribution in [1.29, 1.82) is 0 Å². The van der Waals surface area contributed by atoms with Gasteiger partial charge in [0.25, 0.3) is 0 Å². The van der Waals surface area contributed by atoms with E-state index in [1.165, 1.54) is 12.1 Å². The summed E-state index contributed by atoms with van der Waals surface area (Å²) in [7, 11) is -4.65. The number of ether oxygens (including phenoxy) is 2. The zero-order valence-corrected chi connectivity index (χ0v) is 12.7. The van der Waals surface area contributed by atoms with E-state index in [1.807, 2.05) is 0 Å². The van der Waals surface area contributed by atoms with Crippen molar-refractivity contribution in [2.24, 2.45) is 0 Å². The van der Waals surface area contributed by atoms with Crippen LogP contribution in [0.15, 0.2) is 29.2 Å². The highest BCUT2D eigenvalue weighted by molar-refractivity contribution is 7.91. The van der Waals surface area contributed by atoms with Crippen molar-refractivity contribution in [3.63, 3.8) is 0 Å². The van der Waals surface area contributed by atoms with Gasteiger partial charge in [-0.1, -0.05) is 12.1 Å². The summed E-state index contributed by atoms with van der Waals surface area (Å²) >= 11 is 0. The molecule has 0 aromatic heterocycles. The third kappa shape index (κ3) is 2.70. The summed E-state index contributed by atoms with van der Waals surface area (Å²) in [6.45, 7) is 1.89. The van der Waals surface area contributed by atoms with Crippen LogP contribution >= 0.6 is 0 Å². The molecule has 2 fully saturated rings. The number of hydrogen-bond donors (Lipinski definition) is 0. The summed E-state index contributed by atoms with van der Waals surface area (Å²) in [5, 5.41) is 0. The maximum Gasteiger partial charge on any atom is 0.341 e. The van der Waals surface area contributed by atoms with Gasteiger partial charge in [0.2, 0.25) is 9.84 Å². The molecule has 0 unspecified atom stereocenters. The molecule has 0 amide bonds.